The Morgan fingerprint density at radius 2 is 1.94 bits per heavy atom. The summed E-state index contributed by atoms with van der Waals surface area (Å²) in [6.45, 7) is 4.39. The lowest BCUT2D eigenvalue weighted by Gasteiger charge is -2.27. The third kappa shape index (κ3) is 3.32. The molecule has 0 bridgehead atoms. The van der Waals surface area contributed by atoms with E-state index in [0.717, 1.165) is 18.7 Å². The second kappa shape index (κ2) is 5.21. The van der Waals surface area contributed by atoms with E-state index in [1.54, 1.807) is 10.9 Å². The number of anilines is 1. The summed E-state index contributed by atoms with van der Waals surface area (Å²) in [6, 6.07) is 10.6. The first kappa shape index (κ1) is 12.6. The van der Waals surface area contributed by atoms with Crippen LogP contribution in [0.5, 0.6) is 0 Å². The molecule has 0 amide bonds. The van der Waals surface area contributed by atoms with Crippen molar-refractivity contribution in [2.24, 2.45) is 7.05 Å². The van der Waals surface area contributed by atoms with Gasteiger partial charge in [-0.3, -0.25) is 0 Å². The van der Waals surface area contributed by atoms with Gasteiger partial charge in [-0.2, -0.15) is 0 Å². The second-order valence-corrected chi connectivity index (χ2v) is 5.24. The topological polar surface area (TPSA) is 42.7 Å². The van der Waals surface area contributed by atoms with E-state index in [4.69, 9.17) is 0 Å². The summed E-state index contributed by atoms with van der Waals surface area (Å²) in [5.74, 6) is 0.952. The van der Waals surface area contributed by atoms with Crippen LogP contribution in [0.4, 0.5) is 5.82 Å². The zero-order valence-corrected chi connectivity index (χ0v) is 11.2. The minimum absolute atomic E-state index is 0.0192. The molecular weight excluding hydrogens is 224 g/mol. The summed E-state index contributed by atoms with van der Waals surface area (Å²) in [5.41, 5.74) is 1.39. The highest BCUT2D eigenvalue weighted by molar-refractivity contribution is 5.34. The normalized spacial score (nSPS) is 11.5. The Hall–Kier alpha value is -1.84. The van der Waals surface area contributed by atoms with Gasteiger partial charge in [0.1, 0.15) is 5.82 Å². The molecule has 0 saturated heterocycles. The largest absolute Gasteiger partial charge is 0.364 e. The molecule has 0 radical (unpaired) electrons. The molecule has 0 spiro atoms. The molecule has 0 saturated carbocycles. The van der Waals surface area contributed by atoms with E-state index in [9.17, 15) is 0 Å². The molecule has 1 aromatic heterocycles. The Morgan fingerprint density at radius 1 is 1.22 bits per heavy atom. The number of benzene rings is 1. The highest BCUT2D eigenvalue weighted by Crippen LogP contribution is 2.19. The maximum Gasteiger partial charge on any atom is 0.144 e. The monoisotopic (exact) mass is 244 g/mol. The second-order valence-electron chi connectivity index (χ2n) is 5.24. The van der Waals surface area contributed by atoms with Crippen LogP contribution in [0.1, 0.15) is 25.8 Å². The zero-order chi connectivity index (χ0) is 13.0. The van der Waals surface area contributed by atoms with Crippen molar-refractivity contribution >= 4 is 5.82 Å². The lowest BCUT2D eigenvalue weighted by Crippen LogP contribution is -2.32. The molecule has 2 rings (SSSR count). The predicted molar refractivity (Wildman–Crippen MR) is 73.5 cm³/mol. The Balaban J connectivity index is 1.93. The van der Waals surface area contributed by atoms with Crippen LogP contribution in [0, 0.1) is 0 Å². The van der Waals surface area contributed by atoms with Gasteiger partial charge in [-0.05, 0) is 32.3 Å². The van der Waals surface area contributed by atoms with Crippen LogP contribution in [0.15, 0.2) is 36.5 Å². The molecule has 0 unspecified atom stereocenters. The molecule has 1 aromatic carbocycles. The van der Waals surface area contributed by atoms with E-state index in [0.29, 0.717) is 0 Å². The summed E-state index contributed by atoms with van der Waals surface area (Å²) in [7, 11) is 1.89. The van der Waals surface area contributed by atoms with Gasteiger partial charge in [-0.1, -0.05) is 35.5 Å². The Bertz CT molecular complexity index is 488. The summed E-state index contributed by atoms with van der Waals surface area (Å²) >= 11 is 0. The summed E-state index contributed by atoms with van der Waals surface area (Å²) in [6.07, 6.45) is 3.87. The van der Waals surface area contributed by atoms with Crippen LogP contribution < -0.4 is 5.32 Å². The van der Waals surface area contributed by atoms with Crippen molar-refractivity contribution in [2.45, 2.75) is 32.2 Å². The van der Waals surface area contributed by atoms with Crippen LogP contribution in [0.3, 0.4) is 0 Å². The Morgan fingerprint density at radius 3 is 2.56 bits per heavy atom. The number of aromatic nitrogens is 3. The molecule has 0 atom stereocenters. The first-order valence-corrected chi connectivity index (χ1v) is 6.24. The maximum absolute atomic E-state index is 3.92. The number of hydrogen-bond donors (Lipinski definition) is 1. The van der Waals surface area contributed by atoms with Gasteiger partial charge in [-0.15, -0.1) is 5.10 Å². The molecule has 18 heavy (non-hydrogen) atoms. The number of aryl methyl sites for hydroxylation is 2. The fourth-order valence-electron chi connectivity index (χ4n) is 1.91. The standard InChI is InChI=1S/C14H20N4/c1-14(2,16-13-11-15-17-18(13)3)10-9-12-7-5-4-6-8-12/h4-8,11,16H,9-10H2,1-3H3. The number of rotatable bonds is 5. The van der Waals surface area contributed by atoms with E-state index >= 15 is 0 Å². The Kier molecular flexibility index (Phi) is 3.65. The molecule has 1 heterocycles. The number of hydrogen-bond acceptors (Lipinski definition) is 3. The van der Waals surface area contributed by atoms with Crippen molar-refractivity contribution in [2.75, 3.05) is 5.32 Å². The highest BCUT2D eigenvalue weighted by Gasteiger charge is 2.18. The maximum atomic E-state index is 3.92. The van der Waals surface area contributed by atoms with Gasteiger partial charge in [0.2, 0.25) is 0 Å². The third-order valence-corrected chi connectivity index (χ3v) is 3.06. The molecule has 0 aliphatic heterocycles. The Labute approximate surface area is 108 Å². The SMILES string of the molecule is Cn1nncc1NC(C)(C)CCc1ccccc1. The molecule has 0 aliphatic rings. The van der Waals surface area contributed by atoms with Crippen molar-refractivity contribution in [3.63, 3.8) is 0 Å². The van der Waals surface area contributed by atoms with Gasteiger partial charge in [0.05, 0.1) is 6.20 Å². The van der Waals surface area contributed by atoms with Crippen molar-refractivity contribution in [3.05, 3.63) is 42.1 Å². The van der Waals surface area contributed by atoms with E-state index < -0.39 is 0 Å². The van der Waals surface area contributed by atoms with Gasteiger partial charge in [0, 0.05) is 12.6 Å². The number of nitrogens with zero attached hydrogens (tertiary/aromatic N) is 3. The van der Waals surface area contributed by atoms with E-state index in [-0.39, 0.29) is 5.54 Å². The van der Waals surface area contributed by atoms with Crippen molar-refractivity contribution in [1.29, 1.82) is 0 Å². The number of nitrogens with one attached hydrogen (secondary N) is 1. The smallest absolute Gasteiger partial charge is 0.144 e. The third-order valence-electron chi connectivity index (χ3n) is 3.06. The van der Waals surface area contributed by atoms with Crippen LogP contribution in [-0.2, 0) is 13.5 Å². The average molecular weight is 244 g/mol. The van der Waals surface area contributed by atoms with Crippen molar-refractivity contribution < 1.29 is 0 Å². The molecule has 4 nitrogen and oxygen atoms in total. The first-order valence-electron chi connectivity index (χ1n) is 6.24. The highest BCUT2D eigenvalue weighted by atomic mass is 15.4. The molecule has 4 heteroatoms. The van der Waals surface area contributed by atoms with Crippen molar-refractivity contribution in [1.82, 2.24) is 15.0 Å². The van der Waals surface area contributed by atoms with E-state index in [1.165, 1.54) is 5.56 Å². The molecule has 0 aliphatic carbocycles. The molecule has 2 aromatic rings. The van der Waals surface area contributed by atoms with Crippen LogP contribution in [0.2, 0.25) is 0 Å². The minimum Gasteiger partial charge on any atom is -0.364 e. The van der Waals surface area contributed by atoms with Gasteiger partial charge in [0.25, 0.3) is 0 Å². The summed E-state index contributed by atoms with van der Waals surface area (Å²) in [4.78, 5) is 0. The zero-order valence-electron chi connectivity index (χ0n) is 11.2. The minimum atomic E-state index is 0.0192. The summed E-state index contributed by atoms with van der Waals surface area (Å²) in [5, 5.41) is 11.3. The lowest BCUT2D eigenvalue weighted by molar-refractivity contribution is 0.511. The quantitative estimate of drug-likeness (QED) is 0.879. The van der Waals surface area contributed by atoms with E-state index in [2.05, 4.69) is 53.7 Å². The van der Waals surface area contributed by atoms with Crippen LogP contribution >= 0.6 is 0 Å². The summed E-state index contributed by atoms with van der Waals surface area (Å²) < 4.78 is 1.75. The molecular formula is C14H20N4. The molecule has 96 valence electrons. The molecule has 0 fully saturated rings. The van der Waals surface area contributed by atoms with Crippen LogP contribution in [0.25, 0.3) is 0 Å². The fraction of sp³-hybridized carbons (Fsp3) is 0.429. The first-order chi connectivity index (χ1) is 8.57. The fourth-order valence-corrected chi connectivity index (χ4v) is 1.91. The van der Waals surface area contributed by atoms with Crippen LogP contribution in [-0.4, -0.2) is 20.5 Å². The van der Waals surface area contributed by atoms with Crippen molar-refractivity contribution in [3.8, 4) is 0 Å². The predicted octanol–water partition coefficient (Wildman–Crippen LogP) is 2.64. The van der Waals surface area contributed by atoms with Gasteiger partial charge >= 0.3 is 0 Å². The van der Waals surface area contributed by atoms with Gasteiger partial charge in [0.15, 0.2) is 0 Å². The van der Waals surface area contributed by atoms with Gasteiger partial charge < -0.3 is 5.32 Å². The van der Waals surface area contributed by atoms with Gasteiger partial charge in [-0.25, -0.2) is 4.68 Å². The lowest BCUT2D eigenvalue weighted by atomic mass is 9.95. The molecule has 1 N–H and O–H groups in total. The average Bonchev–Trinajstić information content (AvgIpc) is 2.73. The van der Waals surface area contributed by atoms with E-state index in [1.807, 2.05) is 13.1 Å².